The Kier molecular flexibility index (Phi) is 5.74. The topological polar surface area (TPSA) is 42.7 Å². The predicted molar refractivity (Wildman–Crippen MR) is 81.5 cm³/mol. The van der Waals surface area contributed by atoms with Crippen molar-refractivity contribution < 1.29 is 0 Å². The fourth-order valence-electron chi connectivity index (χ4n) is 2.29. The first-order valence-corrected chi connectivity index (χ1v) is 7.48. The number of hydrogen-bond donors (Lipinski definition) is 1. The van der Waals surface area contributed by atoms with Gasteiger partial charge in [-0.1, -0.05) is 19.9 Å². The number of pyridine rings is 1. The minimum absolute atomic E-state index is 0.310. The van der Waals surface area contributed by atoms with Gasteiger partial charge in [0, 0.05) is 36.7 Å². The van der Waals surface area contributed by atoms with Crippen molar-refractivity contribution >= 4 is 0 Å². The summed E-state index contributed by atoms with van der Waals surface area (Å²) in [6.07, 6.45) is 11.1. The molecule has 0 fully saturated rings. The minimum atomic E-state index is 0.310. The Morgan fingerprint density at radius 2 is 2.15 bits per heavy atom. The van der Waals surface area contributed by atoms with E-state index in [0.717, 1.165) is 32.4 Å². The standard InChI is InChI=1S/C16H24N4/c1-3-7-18-16(10-14-6-5-8-17-11-14)15-12-19-20(13-15)9-4-2/h5-6,8,11-13,16,18H,3-4,7,9-10H2,1-2H3. The fraction of sp³-hybridized carbons (Fsp3) is 0.500. The molecule has 2 aromatic heterocycles. The van der Waals surface area contributed by atoms with Gasteiger partial charge in [-0.3, -0.25) is 9.67 Å². The van der Waals surface area contributed by atoms with Crippen LogP contribution >= 0.6 is 0 Å². The van der Waals surface area contributed by atoms with Gasteiger partial charge in [-0.15, -0.1) is 0 Å². The molecule has 1 N–H and O–H groups in total. The summed E-state index contributed by atoms with van der Waals surface area (Å²) >= 11 is 0. The zero-order valence-electron chi connectivity index (χ0n) is 12.4. The first-order chi connectivity index (χ1) is 9.83. The first-order valence-electron chi connectivity index (χ1n) is 7.48. The van der Waals surface area contributed by atoms with Crippen molar-refractivity contribution in [3.05, 3.63) is 48.0 Å². The van der Waals surface area contributed by atoms with Crippen LogP contribution in [0.2, 0.25) is 0 Å². The zero-order valence-corrected chi connectivity index (χ0v) is 12.4. The lowest BCUT2D eigenvalue weighted by Crippen LogP contribution is -2.23. The van der Waals surface area contributed by atoms with Crippen LogP contribution in [-0.4, -0.2) is 21.3 Å². The highest BCUT2D eigenvalue weighted by molar-refractivity contribution is 5.17. The Morgan fingerprint density at radius 1 is 1.25 bits per heavy atom. The monoisotopic (exact) mass is 272 g/mol. The zero-order chi connectivity index (χ0) is 14.2. The molecule has 0 radical (unpaired) electrons. The number of hydrogen-bond acceptors (Lipinski definition) is 3. The van der Waals surface area contributed by atoms with Gasteiger partial charge in [-0.2, -0.15) is 5.10 Å². The highest BCUT2D eigenvalue weighted by atomic mass is 15.3. The Morgan fingerprint density at radius 3 is 2.85 bits per heavy atom. The Bertz CT molecular complexity index is 492. The van der Waals surface area contributed by atoms with Crippen molar-refractivity contribution in [3.63, 3.8) is 0 Å². The summed E-state index contributed by atoms with van der Waals surface area (Å²) in [6.45, 7) is 6.36. The normalized spacial score (nSPS) is 12.5. The van der Waals surface area contributed by atoms with Gasteiger partial charge in [-0.25, -0.2) is 0 Å². The second kappa shape index (κ2) is 7.80. The average Bonchev–Trinajstić information content (AvgIpc) is 2.93. The molecular weight excluding hydrogens is 248 g/mol. The van der Waals surface area contributed by atoms with E-state index in [1.165, 1.54) is 11.1 Å². The van der Waals surface area contributed by atoms with E-state index in [0.29, 0.717) is 6.04 Å². The lowest BCUT2D eigenvalue weighted by atomic mass is 10.0. The van der Waals surface area contributed by atoms with Crippen LogP contribution in [0.1, 0.15) is 43.9 Å². The summed E-state index contributed by atoms with van der Waals surface area (Å²) < 4.78 is 2.03. The maximum absolute atomic E-state index is 4.44. The molecule has 108 valence electrons. The van der Waals surface area contributed by atoms with Crippen LogP contribution in [0, 0.1) is 0 Å². The molecule has 2 rings (SSSR count). The van der Waals surface area contributed by atoms with E-state index in [2.05, 4.69) is 41.5 Å². The van der Waals surface area contributed by atoms with Crippen molar-refractivity contribution in [2.75, 3.05) is 6.54 Å². The van der Waals surface area contributed by atoms with Gasteiger partial charge in [-0.05, 0) is 37.4 Å². The van der Waals surface area contributed by atoms with E-state index in [1.54, 1.807) is 0 Å². The number of aromatic nitrogens is 3. The molecule has 0 saturated heterocycles. The lowest BCUT2D eigenvalue weighted by Gasteiger charge is -2.17. The summed E-state index contributed by atoms with van der Waals surface area (Å²) in [4.78, 5) is 4.20. The van der Waals surface area contributed by atoms with Crippen LogP contribution in [0.5, 0.6) is 0 Å². The molecule has 0 aromatic carbocycles. The van der Waals surface area contributed by atoms with Crippen molar-refractivity contribution in [2.45, 2.75) is 45.7 Å². The van der Waals surface area contributed by atoms with E-state index in [9.17, 15) is 0 Å². The molecule has 2 heterocycles. The van der Waals surface area contributed by atoms with Crippen LogP contribution in [0.15, 0.2) is 36.9 Å². The third kappa shape index (κ3) is 4.17. The summed E-state index contributed by atoms with van der Waals surface area (Å²) in [7, 11) is 0. The van der Waals surface area contributed by atoms with Gasteiger partial charge in [0.2, 0.25) is 0 Å². The van der Waals surface area contributed by atoms with Gasteiger partial charge >= 0.3 is 0 Å². The highest BCUT2D eigenvalue weighted by Crippen LogP contribution is 2.17. The van der Waals surface area contributed by atoms with Gasteiger partial charge in [0.05, 0.1) is 6.20 Å². The van der Waals surface area contributed by atoms with E-state index < -0.39 is 0 Å². The molecule has 0 spiro atoms. The van der Waals surface area contributed by atoms with Crippen molar-refractivity contribution in [1.82, 2.24) is 20.1 Å². The van der Waals surface area contributed by atoms with Crippen LogP contribution in [0.4, 0.5) is 0 Å². The molecule has 2 aromatic rings. The summed E-state index contributed by atoms with van der Waals surface area (Å²) in [5, 5.41) is 8.05. The quantitative estimate of drug-likeness (QED) is 0.803. The molecule has 4 heteroatoms. The Balaban J connectivity index is 2.09. The first kappa shape index (κ1) is 14.7. The number of aryl methyl sites for hydroxylation is 1. The molecule has 0 amide bonds. The van der Waals surface area contributed by atoms with Gasteiger partial charge in [0.25, 0.3) is 0 Å². The van der Waals surface area contributed by atoms with E-state index in [1.807, 2.05) is 29.3 Å². The molecule has 0 aliphatic heterocycles. The smallest absolute Gasteiger partial charge is 0.0537 e. The van der Waals surface area contributed by atoms with Crippen LogP contribution in [0.25, 0.3) is 0 Å². The molecule has 0 bridgehead atoms. The van der Waals surface area contributed by atoms with Crippen LogP contribution < -0.4 is 5.32 Å². The van der Waals surface area contributed by atoms with Crippen molar-refractivity contribution in [1.29, 1.82) is 0 Å². The van der Waals surface area contributed by atoms with Gasteiger partial charge in [0.1, 0.15) is 0 Å². The molecule has 20 heavy (non-hydrogen) atoms. The largest absolute Gasteiger partial charge is 0.310 e. The fourth-order valence-corrected chi connectivity index (χ4v) is 2.29. The lowest BCUT2D eigenvalue weighted by molar-refractivity contribution is 0.527. The maximum Gasteiger partial charge on any atom is 0.0537 e. The number of rotatable bonds is 8. The van der Waals surface area contributed by atoms with Crippen molar-refractivity contribution in [3.8, 4) is 0 Å². The molecule has 0 aliphatic rings. The summed E-state index contributed by atoms with van der Waals surface area (Å²) in [5.41, 5.74) is 2.51. The number of nitrogens with one attached hydrogen (secondary N) is 1. The average molecular weight is 272 g/mol. The van der Waals surface area contributed by atoms with Gasteiger partial charge < -0.3 is 5.32 Å². The summed E-state index contributed by atoms with van der Waals surface area (Å²) in [5.74, 6) is 0. The molecule has 0 aliphatic carbocycles. The minimum Gasteiger partial charge on any atom is -0.310 e. The predicted octanol–water partition coefficient (Wildman–Crippen LogP) is 2.97. The second-order valence-electron chi connectivity index (χ2n) is 5.11. The molecule has 4 nitrogen and oxygen atoms in total. The van der Waals surface area contributed by atoms with Crippen molar-refractivity contribution in [2.24, 2.45) is 0 Å². The highest BCUT2D eigenvalue weighted by Gasteiger charge is 2.13. The SMILES string of the molecule is CCCNC(Cc1cccnc1)c1cnn(CCC)c1. The Labute approximate surface area is 121 Å². The second-order valence-corrected chi connectivity index (χ2v) is 5.11. The molecule has 1 unspecified atom stereocenters. The third-order valence-electron chi connectivity index (χ3n) is 3.31. The van der Waals surface area contributed by atoms with E-state index in [-0.39, 0.29) is 0 Å². The van der Waals surface area contributed by atoms with Crippen LogP contribution in [-0.2, 0) is 13.0 Å². The van der Waals surface area contributed by atoms with Gasteiger partial charge in [0.15, 0.2) is 0 Å². The maximum atomic E-state index is 4.44. The molecule has 0 saturated carbocycles. The number of nitrogens with zero attached hydrogens (tertiary/aromatic N) is 3. The summed E-state index contributed by atoms with van der Waals surface area (Å²) in [6, 6.07) is 4.43. The molecule has 1 atom stereocenters. The van der Waals surface area contributed by atoms with Crippen LogP contribution in [0.3, 0.4) is 0 Å². The van der Waals surface area contributed by atoms with E-state index in [4.69, 9.17) is 0 Å². The Hall–Kier alpha value is -1.68. The third-order valence-corrected chi connectivity index (χ3v) is 3.31. The van der Waals surface area contributed by atoms with E-state index >= 15 is 0 Å². The molecular formula is C16H24N4.